The second-order valence-corrected chi connectivity index (χ2v) is 16.8. The molecule has 1 unspecified atom stereocenters. The molecule has 0 aliphatic carbocycles. The number of halogens is 1. The van der Waals surface area contributed by atoms with Crippen molar-refractivity contribution in [2.24, 2.45) is 0 Å². The molecule has 0 heterocycles. The second-order valence-electron chi connectivity index (χ2n) is 7.90. The van der Waals surface area contributed by atoms with Gasteiger partial charge in [0.25, 0.3) is 11.4 Å². The molecule has 21 heteroatoms. The van der Waals surface area contributed by atoms with Gasteiger partial charge in [0.2, 0.25) is 9.84 Å². The summed E-state index contributed by atoms with van der Waals surface area (Å²) in [6.45, 7) is 5.67. The average molecular weight is 693 g/mol. The summed E-state index contributed by atoms with van der Waals surface area (Å²) in [4.78, 5) is 19.0. The molecule has 0 saturated carbocycles. The van der Waals surface area contributed by atoms with E-state index >= 15 is 0 Å². The third kappa shape index (κ3) is 10.8. The number of nitro benzene ring substituents is 2. The van der Waals surface area contributed by atoms with E-state index in [-0.39, 0.29) is 42.7 Å². The average Bonchev–Trinajstić information content (AvgIpc) is 2.93. The predicted octanol–water partition coefficient (Wildman–Crippen LogP) is 5.48. The Bertz CT molecular complexity index is 1530. The van der Waals surface area contributed by atoms with E-state index in [0.29, 0.717) is 0 Å². The largest absolute Gasteiger partial charge is 0.380 e. The van der Waals surface area contributed by atoms with E-state index in [4.69, 9.17) is 9.05 Å². The van der Waals surface area contributed by atoms with Crippen LogP contribution >= 0.6 is 15.2 Å². The van der Waals surface area contributed by atoms with Crippen molar-refractivity contribution in [3.05, 3.63) is 68.8 Å². The molecule has 16 nitrogen and oxygen atoms in total. The Morgan fingerprint density at radius 2 is 1.05 bits per heavy atom. The maximum atomic E-state index is 14.3. The second kappa shape index (κ2) is 16.4. The molecule has 0 spiro atoms. The maximum Gasteiger partial charge on any atom is 0.380 e. The van der Waals surface area contributed by atoms with Crippen molar-refractivity contribution in [1.29, 1.82) is 0 Å². The molecular formula is C22H31FN2O14P2S2. The van der Waals surface area contributed by atoms with E-state index in [1.54, 1.807) is 13.8 Å². The van der Waals surface area contributed by atoms with Crippen LogP contribution in [0, 0.1) is 20.2 Å². The zero-order valence-electron chi connectivity index (χ0n) is 23.4. The van der Waals surface area contributed by atoms with Crippen LogP contribution in [0.3, 0.4) is 0 Å². The quantitative estimate of drug-likeness (QED) is 0.121. The van der Waals surface area contributed by atoms with Crippen LogP contribution in [0.15, 0.2) is 58.3 Å². The highest BCUT2D eigenvalue weighted by atomic mass is 32.2. The summed E-state index contributed by atoms with van der Waals surface area (Å²) in [7, 11) is -16.9. The number of sulfone groups is 2. The van der Waals surface area contributed by atoms with Crippen molar-refractivity contribution in [3.63, 3.8) is 0 Å². The van der Waals surface area contributed by atoms with Gasteiger partial charge in [0.1, 0.15) is 0 Å². The number of alkyl halides is 1. The Balaban J connectivity index is 0.000000430. The van der Waals surface area contributed by atoms with Crippen LogP contribution in [0.2, 0.25) is 0 Å². The minimum atomic E-state index is -4.69. The third-order valence-corrected chi connectivity index (χ3v) is 14.6. The van der Waals surface area contributed by atoms with Gasteiger partial charge in [0.15, 0.2) is 15.3 Å². The summed E-state index contributed by atoms with van der Waals surface area (Å²) in [6, 6.07) is 7.87. The highest BCUT2D eigenvalue weighted by Crippen LogP contribution is 2.56. The summed E-state index contributed by atoms with van der Waals surface area (Å²) >= 11 is 0. The Morgan fingerprint density at radius 1 is 0.698 bits per heavy atom. The van der Waals surface area contributed by atoms with E-state index in [9.17, 15) is 50.6 Å². The van der Waals surface area contributed by atoms with Crippen LogP contribution < -0.4 is 0 Å². The number of non-ortho nitro benzene ring substituents is 2. The highest BCUT2D eigenvalue weighted by molar-refractivity contribution is 7.98. The fourth-order valence-corrected chi connectivity index (χ4v) is 11.2. The van der Waals surface area contributed by atoms with Gasteiger partial charge in [-0.15, -0.1) is 0 Å². The molecule has 2 aromatic rings. The SMILES string of the molecule is CCOP(=O)(CS(=O)(=O)c1ccc([N+](=O)[O-])cc1)OCC.CCOP(=O)(OCC)C(F)S(=O)(=O)c1ccc([N+](=O)[O-])cc1. The molecule has 2 rings (SSSR count). The van der Waals surface area contributed by atoms with Crippen LogP contribution in [-0.2, 0) is 46.9 Å². The van der Waals surface area contributed by atoms with Crippen LogP contribution in [0.5, 0.6) is 0 Å². The molecule has 0 aliphatic heterocycles. The van der Waals surface area contributed by atoms with E-state index < -0.39 is 60.3 Å². The first-order chi connectivity index (χ1) is 19.9. The summed E-state index contributed by atoms with van der Waals surface area (Å²) in [5.74, 6) is 0. The molecule has 242 valence electrons. The molecular weight excluding hydrogens is 661 g/mol. The minimum Gasteiger partial charge on any atom is -0.308 e. The molecule has 0 saturated heterocycles. The van der Waals surface area contributed by atoms with Gasteiger partial charge in [-0.1, -0.05) is 0 Å². The zero-order valence-corrected chi connectivity index (χ0v) is 26.9. The third-order valence-electron chi connectivity index (χ3n) is 4.89. The fourth-order valence-electron chi connectivity index (χ4n) is 3.12. The van der Waals surface area contributed by atoms with Gasteiger partial charge in [0.05, 0.1) is 46.1 Å². The summed E-state index contributed by atoms with van der Waals surface area (Å²) in [6.07, 6.45) is 0. The maximum absolute atomic E-state index is 14.3. The highest BCUT2D eigenvalue weighted by Gasteiger charge is 2.46. The number of rotatable bonds is 16. The summed E-state index contributed by atoms with van der Waals surface area (Å²) in [5.41, 5.74) is -1.39. The molecule has 1 atom stereocenters. The van der Waals surface area contributed by atoms with Crippen molar-refractivity contribution < 1.29 is 58.3 Å². The van der Waals surface area contributed by atoms with Crippen molar-refractivity contribution in [3.8, 4) is 0 Å². The van der Waals surface area contributed by atoms with Crippen LogP contribution in [-0.4, -0.2) is 63.8 Å². The molecule has 0 aromatic heterocycles. The lowest BCUT2D eigenvalue weighted by molar-refractivity contribution is -0.385. The van der Waals surface area contributed by atoms with Gasteiger partial charge < -0.3 is 18.1 Å². The lowest BCUT2D eigenvalue weighted by atomic mass is 10.3. The molecule has 0 radical (unpaired) electrons. The predicted molar refractivity (Wildman–Crippen MR) is 152 cm³/mol. The van der Waals surface area contributed by atoms with Gasteiger partial charge in [0, 0.05) is 24.3 Å². The van der Waals surface area contributed by atoms with Gasteiger partial charge in [-0.05, 0) is 52.0 Å². The molecule has 0 aliphatic rings. The first kappa shape index (κ1) is 38.4. The van der Waals surface area contributed by atoms with Crippen LogP contribution in [0.1, 0.15) is 27.7 Å². The Kier molecular flexibility index (Phi) is 14.7. The minimum absolute atomic E-state index is 0.0487. The van der Waals surface area contributed by atoms with E-state index in [1.165, 1.54) is 13.8 Å². The molecule has 43 heavy (non-hydrogen) atoms. The summed E-state index contributed by atoms with van der Waals surface area (Å²) in [5, 5.41) is 18.1. The first-order valence-corrected chi connectivity index (χ1v) is 18.8. The monoisotopic (exact) mass is 692 g/mol. The van der Waals surface area contributed by atoms with Crippen molar-refractivity contribution in [1.82, 2.24) is 0 Å². The molecule has 0 bridgehead atoms. The lowest BCUT2D eigenvalue weighted by Gasteiger charge is -2.20. The number of nitrogens with zero attached hydrogens (tertiary/aromatic N) is 2. The normalized spacial score (nSPS) is 13.0. The molecule has 2 aromatic carbocycles. The van der Waals surface area contributed by atoms with Crippen LogP contribution in [0.4, 0.5) is 15.8 Å². The van der Waals surface area contributed by atoms with Crippen LogP contribution in [0.25, 0.3) is 0 Å². The van der Waals surface area contributed by atoms with Gasteiger partial charge in [-0.3, -0.25) is 29.4 Å². The number of hydrogen-bond donors (Lipinski definition) is 0. The van der Waals surface area contributed by atoms with Crippen molar-refractivity contribution >= 4 is 46.2 Å². The van der Waals surface area contributed by atoms with E-state index in [0.717, 1.165) is 48.5 Å². The standard InChI is InChI=1S/C11H15FNO7PS.C11H16NO7PS/c1-3-19-21(16,20-4-2)11(12)22(17,18)10-7-5-9(6-8-10)13(14)15;1-3-18-20(15,19-4-2)9-21(16,17)11-7-5-10(6-8-11)12(13)14/h5-8,11H,3-4H2,1-2H3;5-8H,3-4,9H2,1-2H3. The van der Waals surface area contributed by atoms with E-state index in [2.05, 4.69) is 9.05 Å². The first-order valence-electron chi connectivity index (χ1n) is 12.3. The Labute approximate surface area is 247 Å². The van der Waals surface area contributed by atoms with Crippen molar-refractivity contribution in [2.45, 2.75) is 42.7 Å². The van der Waals surface area contributed by atoms with Gasteiger partial charge in [-0.2, -0.15) is 0 Å². The molecule has 0 fully saturated rings. The molecule has 0 N–H and O–H groups in total. The van der Waals surface area contributed by atoms with Gasteiger partial charge >= 0.3 is 20.4 Å². The number of benzene rings is 2. The van der Waals surface area contributed by atoms with Gasteiger partial charge in [-0.25, -0.2) is 21.2 Å². The summed E-state index contributed by atoms with van der Waals surface area (Å²) < 4.78 is 107. The Hall–Kier alpha value is -2.63. The number of nitro groups is 2. The lowest BCUT2D eigenvalue weighted by Crippen LogP contribution is -2.20. The Morgan fingerprint density at radius 3 is 1.37 bits per heavy atom. The number of hydrogen-bond acceptors (Lipinski definition) is 14. The van der Waals surface area contributed by atoms with Crippen molar-refractivity contribution in [2.75, 3.05) is 31.9 Å². The topological polar surface area (TPSA) is 226 Å². The molecule has 0 amide bonds. The zero-order chi connectivity index (χ0) is 33.1. The fraction of sp³-hybridized carbons (Fsp3) is 0.455. The smallest absolute Gasteiger partial charge is 0.308 e. The van der Waals surface area contributed by atoms with E-state index in [1.807, 2.05) is 0 Å².